The van der Waals surface area contributed by atoms with E-state index in [-0.39, 0.29) is 5.82 Å². The maximum absolute atomic E-state index is 12.7. The molecule has 0 amide bonds. The smallest absolute Gasteiger partial charge is 0.129 e. The molecule has 1 heterocycles. The van der Waals surface area contributed by atoms with Gasteiger partial charge < -0.3 is 0 Å². The first-order valence-electron chi connectivity index (χ1n) is 4.92. The van der Waals surface area contributed by atoms with Crippen LogP contribution in [-0.4, -0.2) is 15.8 Å². The Morgan fingerprint density at radius 3 is 2.19 bits per heavy atom. The second-order valence-electron chi connectivity index (χ2n) is 3.33. The molecule has 2 rings (SSSR count). The quantitative estimate of drug-likeness (QED) is 0.766. The van der Waals surface area contributed by atoms with Crippen LogP contribution >= 0.6 is 11.6 Å². The number of aryl methyl sites for hydroxylation is 1. The third-order valence-electron chi connectivity index (χ3n) is 2.20. The van der Waals surface area contributed by atoms with Crippen molar-refractivity contribution >= 4 is 11.6 Å². The lowest BCUT2D eigenvalue weighted by molar-refractivity contribution is 0.628. The molecule has 16 heavy (non-hydrogen) atoms. The second-order valence-corrected chi connectivity index (χ2v) is 3.71. The van der Waals surface area contributed by atoms with Crippen molar-refractivity contribution in [1.82, 2.24) is 9.97 Å². The summed E-state index contributed by atoms with van der Waals surface area (Å²) >= 11 is 5.59. The van der Waals surface area contributed by atoms with E-state index in [9.17, 15) is 4.39 Å². The summed E-state index contributed by atoms with van der Waals surface area (Å²) < 4.78 is 12.7. The van der Waals surface area contributed by atoms with Crippen LogP contribution in [0.3, 0.4) is 0 Å². The fourth-order valence-electron chi connectivity index (χ4n) is 1.36. The number of hydrogen-bond acceptors (Lipinski definition) is 2. The molecule has 0 radical (unpaired) electrons. The Morgan fingerprint density at radius 2 is 1.62 bits per heavy atom. The molecule has 0 aliphatic rings. The number of aromatic nitrogens is 2. The van der Waals surface area contributed by atoms with E-state index in [2.05, 4.69) is 9.97 Å². The molecule has 0 N–H and O–H groups in total. The van der Waals surface area contributed by atoms with Crippen LogP contribution in [0.15, 0.2) is 36.7 Å². The molecule has 0 spiro atoms. The van der Waals surface area contributed by atoms with Gasteiger partial charge in [-0.1, -0.05) is 12.1 Å². The molecule has 0 saturated carbocycles. The zero-order chi connectivity index (χ0) is 11.4. The molecule has 0 unspecified atom stereocenters. The van der Waals surface area contributed by atoms with Crippen molar-refractivity contribution < 1.29 is 4.39 Å². The maximum atomic E-state index is 12.7. The van der Waals surface area contributed by atoms with Crippen molar-refractivity contribution in [2.45, 2.75) is 6.42 Å². The van der Waals surface area contributed by atoms with E-state index in [0.29, 0.717) is 12.3 Å². The summed E-state index contributed by atoms with van der Waals surface area (Å²) in [5.41, 5.74) is 1.78. The average molecular weight is 237 g/mol. The van der Waals surface area contributed by atoms with E-state index in [1.54, 1.807) is 24.5 Å². The van der Waals surface area contributed by atoms with E-state index >= 15 is 0 Å². The normalized spacial score (nSPS) is 10.4. The average Bonchev–Trinajstić information content (AvgIpc) is 2.32. The summed E-state index contributed by atoms with van der Waals surface area (Å²) in [6.45, 7) is 0. The summed E-state index contributed by atoms with van der Waals surface area (Å²) in [6, 6.07) is 6.24. The van der Waals surface area contributed by atoms with Crippen LogP contribution in [0.25, 0.3) is 11.1 Å². The number of nitrogens with zero attached hydrogens (tertiary/aromatic N) is 2. The highest BCUT2D eigenvalue weighted by atomic mass is 35.5. The van der Waals surface area contributed by atoms with Gasteiger partial charge in [0, 0.05) is 30.3 Å². The van der Waals surface area contributed by atoms with Crippen molar-refractivity contribution in [3.8, 4) is 11.1 Å². The fraction of sp³-hybridized carbons (Fsp3) is 0.167. The Hall–Kier alpha value is -1.48. The van der Waals surface area contributed by atoms with Crippen molar-refractivity contribution in [2.75, 3.05) is 5.88 Å². The van der Waals surface area contributed by atoms with Crippen LogP contribution < -0.4 is 0 Å². The van der Waals surface area contributed by atoms with Crippen LogP contribution in [0.5, 0.6) is 0 Å². The Bertz CT molecular complexity index is 453. The third-order valence-corrected chi connectivity index (χ3v) is 2.39. The minimum Gasteiger partial charge on any atom is -0.241 e. The Balaban J connectivity index is 2.24. The molecular formula is C12H10ClFN2. The summed E-state index contributed by atoms with van der Waals surface area (Å²) in [5, 5.41) is 0. The highest BCUT2D eigenvalue weighted by molar-refractivity contribution is 6.17. The van der Waals surface area contributed by atoms with E-state index in [1.165, 1.54) is 12.1 Å². The zero-order valence-electron chi connectivity index (χ0n) is 8.53. The Kier molecular flexibility index (Phi) is 3.47. The molecular weight excluding hydrogens is 227 g/mol. The summed E-state index contributed by atoms with van der Waals surface area (Å²) in [6.07, 6.45) is 4.11. The van der Waals surface area contributed by atoms with Crippen molar-refractivity contribution in [1.29, 1.82) is 0 Å². The van der Waals surface area contributed by atoms with Gasteiger partial charge in [0.15, 0.2) is 0 Å². The Morgan fingerprint density at radius 1 is 1.00 bits per heavy atom. The minimum atomic E-state index is -0.247. The first-order chi connectivity index (χ1) is 7.79. The van der Waals surface area contributed by atoms with Crippen LogP contribution in [0.4, 0.5) is 4.39 Å². The molecule has 0 saturated heterocycles. The van der Waals surface area contributed by atoms with Gasteiger partial charge in [-0.05, 0) is 17.7 Å². The molecule has 2 aromatic rings. The number of rotatable bonds is 3. The van der Waals surface area contributed by atoms with Gasteiger partial charge in [0.25, 0.3) is 0 Å². The minimum absolute atomic E-state index is 0.247. The fourth-order valence-corrected chi connectivity index (χ4v) is 1.53. The largest absolute Gasteiger partial charge is 0.241 e. The lowest BCUT2D eigenvalue weighted by Gasteiger charge is -2.01. The van der Waals surface area contributed by atoms with Gasteiger partial charge in [-0.3, -0.25) is 0 Å². The second kappa shape index (κ2) is 5.03. The standard InChI is InChI=1S/C12H10ClFN2/c13-6-5-12-15-7-10(8-16-12)9-1-3-11(14)4-2-9/h1-4,7-8H,5-6H2. The SMILES string of the molecule is Fc1ccc(-c2cnc(CCCl)nc2)cc1. The van der Waals surface area contributed by atoms with Gasteiger partial charge in [-0.15, -0.1) is 11.6 Å². The number of benzene rings is 1. The Labute approximate surface area is 98.1 Å². The molecule has 82 valence electrons. The van der Waals surface area contributed by atoms with Gasteiger partial charge >= 0.3 is 0 Å². The lowest BCUT2D eigenvalue weighted by Crippen LogP contribution is -1.95. The van der Waals surface area contributed by atoms with Crippen molar-refractivity contribution in [3.63, 3.8) is 0 Å². The van der Waals surface area contributed by atoms with E-state index in [1.807, 2.05) is 0 Å². The first kappa shape index (κ1) is 11.0. The molecule has 0 aliphatic heterocycles. The maximum Gasteiger partial charge on any atom is 0.129 e. The van der Waals surface area contributed by atoms with Gasteiger partial charge in [0.1, 0.15) is 11.6 Å². The van der Waals surface area contributed by atoms with Gasteiger partial charge in [-0.25, -0.2) is 14.4 Å². The van der Waals surface area contributed by atoms with E-state index < -0.39 is 0 Å². The summed E-state index contributed by atoms with van der Waals surface area (Å²) in [5.74, 6) is 0.986. The number of alkyl halides is 1. The molecule has 0 atom stereocenters. The topological polar surface area (TPSA) is 25.8 Å². The van der Waals surface area contributed by atoms with Crippen LogP contribution in [0.2, 0.25) is 0 Å². The highest BCUT2D eigenvalue weighted by Gasteiger charge is 2.00. The number of hydrogen-bond donors (Lipinski definition) is 0. The number of halogens is 2. The van der Waals surface area contributed by atoms with E-state index in [4.69, 9.17) is 11.6 Å². The van der Waals surface area contributed by atoms with Gasteiger partial charge in [0.2, 0.25) is 0 Å². The monoisotopic (exact) mass is 236 g/mol. The third kappa shape index (κ3) is 2.55. The molecule has 4 heteroatoms. The highest BCUT2D eigenvalue weighted by Crippen LogP contribution is 2.17. The van der Waals surface area contributed by atoms with Crippen molar-refractivity contribution in [2.24, 2.45) is 0 Å². The van der Waals surface area contributed by atoms with Crippen molar-refractivity contribution in [3.05, 3.63) is 48.3 Å². The molecule has 1 aromatic carbocycles. The predicted molar refractivity (Wildman–Crippen MR) is 61.9 cm³/mol. The first-order valence-corrected chi connectivity index (χ1v) is 5.46. The predicted octanol–water partition coefficient (Wildman–Crippen LogP) is 3.06. The summed E-state index contributed by atoms with van der Waals surface area (Å²) in [7, 11) is 0. The molecule has 0 fully saturated rings. The molecule has 0 aliphatic carbocycles. The van der Waals surface area contributed by atoms with E-state index in [0.717, 1.165) is 17.0 Å². The lowest BCUT2D eigenvalue weighted by atomic mass is 10.1. The molecule has 0 bridgehead atoms. The van der Waals surface area contributed by atoms with Crippen LogP contribution in [-0.2, 0) is 6.42 Å². The van der Waals surface area contributed by atoms with Gasteiger partial charge in [0.05, 0.1) is 0 Å². The van der Waals surface area contributed by atoms with Crippen LogP contribution in [0, 0.1) is 5.82 Å². The molecule has 2 nitrogen and oxygen atoms in total. The summed E-state index contributed by atoms with van der Waals surface area (Å²) in [4.78, 5) is 8.36. The van der Waals surface area contributed by atoms with Gasteiger partial charge in [-0.2, -0.15) is 0 Å². The van der Waals surface area contributed by atoms with Crippen LogP contribution in [0.1, 0.15) is 5.82 Å². The zero-order valence-corrected chi connectivity index (χ0v) is 9.28. The molecule has 1 aromatic heterocycles.